The second-order valence-corrected chi connectivity index (χ2v) is 9.74. The van der Waals surface area contributed by atoms with E-state index in [-0.39, 0.29) is 6.42 Å². The van der Waals surface area contributed by atoms with E-state index in [1.165, 1.54) is 57.8 Å². The zero-order chi connectivity index (χ0) is 26.9. The maximum absolute atomic E-state index is 12.3. The van der Waals surface area contributed by atoms with Gasteiger partial charge in [0.1, 0.15) is 12.2 Å². The summed E-state index contributed by atoms with van der Waals surface area (Å²) in [6, 6.07) is -1.03. The topological polar surface area (TPSA) is 110 Å². The lowest BCUT2D eigenvalue weighted by molar-refractivity contribution is -0.132. The molecular weight excluding hydrogens is 454 g/mol. The molecule has 5 N–H and O–H groups in total. The first-order valence-electron chi connectivity index (χ1n) is 14.4. The van der Waals surface area contributed by atoms with Crippen LogP contribution >= 0.6 is 0 Å². The first-order chi connectivity index (χ1) is 17.5. The molecule has 4 atom stereocenters. The number of unbranched alkanes of at least 4 members (excludes halogenated alkanes) is 10. The molecule has 6 heteroatoms. The average Bonchev–Trinajstić information content (AvgIpc) is 2.88. The number of nitrogens with one attached hydrogen (secondary N) is 1. The van der Waals surface area contributed by atoms with E-state index in [0.717, 1.165) is 25.7 Å². The number of aliphatic hydroxyl groups excluding tert-OH is 4. The SMILES string of the molecule is CCCCC/C=C/CCCC(O)C(O)C(CO)NC(=O)C(O)C/C=C\C/C=C\CCCCCCCC. The Labute approximate surface area is 220 Å². The van der Waals surface area contributed by atoms with Crippen LogP contribution in [0.25, 0.3) is 0 Å². The Balaban J connectivity index is 4.12. The van der Waals surface area contributed by atoms with Gasteiger partial charge in [-0.3, -0.25) is 4.79 Å². The highest BCUT2D eigenvalue weighted by Crippen LogP contribution is 2.11. The third kappa shape index (κ3) is 19.7. The van der Waals surface area contributed by atoms with E-state index in [9.17, 15) is 25.2 Å². The molecule has 0 saturated heterocycles. The Bertz CT molecular complexity index is 590. The van der Waals surface area contributed by atoms with Crippen molar-refractivity contribution in [3.8, 4) is 0 Å². The van der Waals surface area contributed by atoms with E-state index < -0.39 is 36.9 Å². The van der Waals surface area contributed by atoms with Crippen LogP contribution in [0.1, 0.15) is 117 Å². The number of aliphatic hydroxyl groups is 4. The fraction of sp³-hybridized carbons (Fsp3) is 0.767. The van der Waals surface area contributed by atoms with Gasteiger partial charge in [-0.2, -0.15) is 0 Å². The minimum absolute atomic E-state index is 0.151. The standard InChI is InChI=1S/C30H55NO5/c1-3-5-7-9-11-13-14-15-16-18-20-22-24-28(34)30(36)31-26(25-32)29(35)27(33)23-21-19-17-12-10-8-6-4-2/h12,15-17,20,22,26-29,32-35H,3-11,13-14,18-19,21,23-25H2,1-2H3,(H,31,36)/b16-15-,17-12+,22-20-. The average molecular weight is 510 g/mol. The zero-order valence-electron chi connectivity index (χ0n) is 23.0. The Morgan fingerprint density at radius 3 is 1.92 bits per heavy atom. The highest BCUT2D eigenvalue weighted by Gasteiger charge is 2.28. The lowest BCUT2D eigenvalue weighted by Crippen LogP contribution is -2.52. The highest BCUT2D eigenvalue weighted by molar-refractivity contribution is 5.81. The molecule has 0 bridgehead atoms. The fourth-order valence-corrected chi connectivity index (χ4v) is 3.91. The van der Waals surface area contributed by atoms with Crippen LogP contribution in [0.4, 0.5) is 0 Å². The van der Waals surface area contributed by atoms with Gasteiger partial charge >= 0.3 is 0 Å². The Kier molecular flexibility index (Phi) is 24.2. The van der Waals surface area contributed by atoms with Gasteiger partial charge in [-0.1, -0.05) is 95.2 Å². The van der Waals surface area contributed by atoms with Crippen LogP contribution < -0.4 is 5.32 Å². The second kappa shape index (κ2) is 25.2. The van der Waals surface area contributed by atoms with Crippen LogP contribution in [0.15, 0.2) is 36.5 Å². The summed E-state index contributed by atoms with van der Waals surface area (Å²) in [7, 11) is 0. The fourth-order valence-electron chi connectivity index (χ4n) is 3.91. The molecule has 210 valence electrons. The molecule has 1 amide bonds. The molecule has 0 fully saturated rings. The van der Waals surface area contributed by atoms with Crippen molar-refractivity contribution in [2.75, 3.05) is 6.61 Å². The molecule has 0 radical (unpaired) electrons. The van der Waals surface area contributed by atoms with Crippen LogP contribution in [0, 0.1) is 0 Å². The van der Waals surface area contributed by atoms with Gasteiger partial charge in [0.15, 0.2) is 0 Å². The monoisotopic (exact) mass is 509 g/mol. The first-order valence-corrected chi connectivity index (χ1v) is 14.4. The molecule has 0 aliphatic carbocycles. The number of allylic oxidation sites excluding steroid dienone is 5. The highest BCUT2D eigenvalue weighted by atomic mass is 16.3. The Morgan fingerprint density at radius 2 is 1.25 bits per heavy atom. The molecule has 0 spiro atoms. The van der Waals surface area contributed by atoms with Gasteiger partial charge in [0.2, 0.25) is 5.91 Å². The van der Waals surface area contributed by atoms with Gasteiger partial charge in [0.05, 0.1) is 18.8 Å². The van der Waals surface area contributed by atoms with Crippen molar-refractivity contribution in [1.82, 2.24) is 5.32 Å². The first kappa shape index (κ1) is 34.5. The molecule has 0 aliphatic heterocycles. The van der Waals surface area contributed by atoms with Crippen LogP contribution in [0.2, 0.25) is 0 Å². The van der Waals surface area contributed by atoms with Crippen molar-refractivity contribution >= 4 is 5.91 Å². The number of carbonyl (C=O) groups excluding carboxylic acids is 1. The van der Waals surface area contributed by atoms with Gasteiger partial charge in [-0.05, 0) is 51.4 Å². The predicted octanol–water partition coefficient (Wildman–Crippen LogP) is 5.50. The molecule has 0 aromatic heterocycles. The van der Waals surface area contributed by atoms with E-state index >= 15 is 0 Å². The summed E-state index contributed by atoms with van der Waals surface area (Å²) in [4.78, 5) is 12.3. The van der Waals surface area contributed by atoms with E-state index in [1.54, 1.807) is 6.08 Å². The molecule has 0 rings (SSSR count). The molecule has 0 aliphatic rings. The minimum atomic E-state index is -1.30. The van der Waals surface area contributed by atoms with Crippen molar-refractivity contribution in [3.05, 3.63) is 36.5 Å². The molecule has 0 aromatic carbocycles. The lowest BCUT2D eigenvalue weighted by Gasteiger charge is -2.27. The minimum Gasteiger partial charge on any atom is -0.394 e. The maximum atomic E-state index is 12.3. The Morgan fingerprint density at radius 1 is 0.722 bits per heavy atom. The van der Waals surface area contributed by atoms with E-state index in [0.29, 0.717) is 12.8 Å². The molecule has 6 nitrogen and oxygen atoms in total. The van der Waals surface area contributed by atoms with Gasteiger partial charge in [-0.15, -0.1) is 0 Å². The van der Waals surface area contributed by atoms with E-state index in [2.05, 4.69) is 43.5 Å². The van der Waals surface area contributed by atoms with Crippen LogP contribution in [-0.2, 0) is 4.79 Å². The molecule has 0 saturated carbocycles. The lowest BCUT2D eigenvalue weighted by atomic mass is 10.0. The van der Waals surface area contributed by atoms with Crippen LogP contribution in [0.5, 0.6) is 0 Å². The number of rotatable bonds is 24. The largest absolute Gasteiger partial charge is 0.394 e. The Hall–Kier alpha value is -1.47. The van der Waals surface area contributed by atoms with Crippen LogP contribution in [-0.4, -0.2) is 57.3 Å². The number of hydrogen-bond acceptors (Lipinski definition) is 5. The molecule has 0 aromatic rings. The smallest absolute Gasteiger partial charge is 0.249 e. The predicted molar refractivity (Wildman–Crippen MR) is 150 cm³/mol. The summed E-state index contributed by atoms with van der Waals surface area (Å²) in [5.41, 5.74) is 0. The summed E-state index contributed by atoms with van der Waals surface area (Å²) in [6.07, 6.45) is 24.8. The van der Waals surface area contributed by atoms with Crippen molar-refractivity contribution in [2.24, 2.45) is 0 Å². The van der Waals surface area contributed by atoms with Gasteiger partial charge in [-0.25, -0.2) is 0 Å². The van der Waals surface area contributed by atoms with Crippen molar-refractivity contribution < 1.29 is 25.2 Å². The summed E-state index contributed by atoms with van der Waals surface area (Å²) in [5.74, 6) is -0.668. The second-order valence-electron chi connectivity index (χ2n) is 9.74. The summed E-state index contributed by atoms with van der Waals surface area (Å²) in [6.45, 7) is 3.88. The summed E-state index contributed by atoms with van der Waals surface area (Å²) < 4.78 is 0. The zero-order valence-corrected chi connectivity index (χ0v) is 23.0. The van der Waals surface area contributed by atoms with E-state index in [1.807, 2.05) is 6.08 Å². The van der Waals surface area contributed by atoms with Crippen molar-refractivity contribution in [3.63, 3.8) is 0 Å². The van der Waals surface area contributed by atoms with Gasteiger partial charge in [0.25, 0.3) is 0 Å². The quantitative estimate of drug-likeness (QED) is 0.0872. The third-order valence-corrected chi connectivity index (χ3v) is 6.33. The molecular formula is C30H55NO5. The maximum Gasteiger partial charge on any atom is 0.249 e. The normalized spacial score (nSPS) is 15.6. The van der Waals surface area contributed by atoms with Gasteiger partial charge < -0.3 is 25.7 Å². The van der Waals surface area contributed by atoms with Crippen molar-refractivity contribution in [1.29, 1.82) is 0 Å². The van der Waals surface area contributed by atoms with Gasteiger partial charge in [0, 0.05) is 6.42 Å². The number of hydrogen-bond donors (Lipinski definition) is 5. The number of carbonyl (C=O) groups is 1. The van der Waals surface area contributed by atoms with Crippen LogP contribution in [0.3, 0.4) is 0 Å². The summed E-state index contributed by atoms with van der Waals surface area (Å²) >= 11 is 0. The third-order valence-electron chi connectivity index (χ3n) is 6.33. The van der Waals surface area contributed by atoms with E-state index in [4.69, 9.17) is 0 Å². The number of amides is 1. The molecule has 4 unspecified atom stereocenters. The van der Waals surface area contributed by atoms with Crippen molar-refractivity contribution in [2.45, 2.75) is 141 Å². The molecule has 36 heavy (non-hydrogen) atoms. The summed E-state index contributed by atoms with van der Waals surface area (Å²) in [5, 5.41) is 42.7. The molecule has 0 heterocycles.